The summed E-state index contributed by atoms with van der Waals surface area (Å²) in [7, 11) is 1.89. The third-order valence-corrected chi connectivity index (χ3v) is 3.58. The van der Waals surface area contributed by atoms with Gasteiger partial charge < -0.3 is 15.6 Å². The van der Waals surface area contributed by atoms with E-state index >= 15 is 0 Å². The van der Waals surface area contributed by atoms with Crippen molar-refractivity contribution in [1.82, 2.24) is 14.8 Å². The van der Waals surface area contributed by atoms with E-state index in [1.54, 1.807) is 6.33 Å². The van der Waals surface area contributed by atoms with Crippen molar-refractivity contribution in [3.8, 4) is 11.4 Å². The van der Waals surface area contributed by atoms with Gasteiger partial charge in [0.25, 0.3) is 0 Å². The smallest absolute Gasteiger partial charge is 0.231 e. The first-order valence-electron chi connectivity index (χ1n) is 6.82. The topological polar surface area (TPSA) is 85.8 Å². The predicted octanol–water partition coefficient (Wildman–Crippen LogP) is 1.32. The van der Waals surface area contributed by atoms with E-state index in [0.717, 1.165) is 17.1 Å². The van der Waals surface area contributed by atoms with E-state index in [9.17, 15) is 4.79 Å². The van der Waals surface area contributed by atoms with Gasteiger partial charge in [0.15, 0.2) is 5.82 Å². The van der Waals surface area contributed by atoms with E-state index in [1.165, 1.54) is 0 Å². The van der Waals surface area contributed by atoms with Gasteiger partial charge in [-0.2, -0.15) is 0 Å². The van der Waals surface area contributed by atoms with Crippen molar-refractivity contribution in [3.05, 3.63) is 42.7 Å². The van der Waals surface area contributed by atoms with Crippen LogP contribution in [-0.2, 0) is 11.8 Å². The molecule has 0 spiro atoms. The molecule has 3 N–H and O–H groups in total. The van der Waals surface area contributed by atoms with E-state index in [-0.39, 0.29) is 17.9 Å². The first-order valence-corrected chi connectivity index (χ1v) is 6.82. The van der Waals surface area contributed by atoms with Crippen LogP contribution in [0.5, 0.6) is 0 Å². The number of aromatic nitrogens is 3. The van der Waals surface area contributed by atoms with Crippen LogP contribution in [0.2, 0.25) is 0 Å². The number of benzene rings is 1. The zero-order valence-corrected chi connectivity index (χ0v) is 11.7. The SMILES string of the molecule is Cn1cnnc1-c1ccc(NC(=O)C2C=CC(N)C2)cc1. The van der Waals surface area contributed by atoms with Crippen molar-refractivity contribution in [2.24, 2.45) is 18.7 Å². The molecule has 6 nitrogen and oxygen atoms in total. The van der Waals surface area contributed by atoms with E-state index < -0.39 is 0 Å². The molecule has 2 aromatic rings. The minimum absolute atomic E-state index is 0.0148. The van der Waals surface area contributed by atoms with Gasteiger partial charge in [-0.15, -0.1) is 10.2 Å². The largest absolute Gasteiger partial charge is 0.326 e. The van der Waals surface area contributed by atoms with Crippen LogP contribution >= 0.6 is 0 Å². The van der Waals surface area contributed by atoms with Crippen LogP contribution in [-0.4, -0.2) is 26.7 Å². The van der Waals surface area contributed by atoms with Crippen LogP contribution in [0.4, 0.5) is 5.69 Å². The van der Waals surface area contributed by atoms with E-state index in [2.05, 4.69) is 15.5 Å². The van der Waals surface area contributed by atoms with Crippen molar-refractivity contribution in [3.63, 3.8) is 0 Å². The standard InChI is InChI=1S/C15H17N5O/c1-20-9-17-19-14(20)10-3-6-13(7-4-10)18-15(21)11-2-5-12(16)8-11/h2-7,9,11-12H,8,16H2,1H3,(H,18,21). The minimum Gasteiger partial charge on any atom is -0.326 e. The highest BCUT2D eigenvalue weighted by Gasteiger charge is 2.22. The van der Waals surface area contributed by atoms with Gasteiger partial charge in [-0.1, -0.05) is 12.2 Å². The van der Waals surface area contributed by atoms with Gasteiger partial charge in [-0.05, 0) is 30.7 Å². The Morgan fingerprint density at radius 3 is 2.67 bits per heavy atom. The molecule has 21 heavy (non-hydrogen) atoms. The molecule has 108 valence electrons. The number of rotatable bonds is 3. The third kappa shape index (κ3) is 2.85. The van der Waals surface area contributed by atoms with E-state index in [4.69, 9.17) is 5.73 Å². The molecule has 2 atom stereocenters. The molecule has 1 aromatic heterocycles. The first-order chi connectivity index (χ1) is 10.1. The lowest BCUT2D eigenvalue weighted by atomic mass is 10.1. The number of carbonyl (C=O) groups is 1. The summed E-state index contributed by atoms with van der Waals surface area (Å²) < 4.78 is 1.85. The number of nitrogens with zero attached hydrogens (tertiary/aromatic N) is 3. The molecule has 0 aliphatic heterocycles. The maximum absolute atomic E-state index is 12.1. The number of hydrogen-bond donors (Lipinski definition) is 2. The summed E-state index contributed by atoms with van der Waals surface area (Å²) in [6, 6.07) is 7.53. The summed E-state index contributed by atoms with van der Waals surface area (Å²) in [5, 5.41) is 10.8. The Bertz CT molecular complexity index is 674. The van der Waals surface area contributed by atoms with Crippen LogP contribution in [0.1, 0.15) is 6.42 Å². The molecule has 3 rings (SSSR count). The monoisotopic (exact) mass is 283 g/mol. The third-order valence-electron chi connectivity index (χ3n) is 3.58. The number of carbonyl (C=O) groups excluding carboxylic acids is 1. The lowest BCUT2D eigenvalue weighted by Crippen LogP contribution is -2.23. The minimum atomic E-state index is -0.140. The lowest BCUT2D eigenvalue weighted by molar-refractivity contribution is -0.118. The van der Waals surface area contributed by atoms with Crippen molar-refractivity contribution in [2.75, 3.05) is 5.32 Å². The first kappa shape index (κ1) is 13.5. The van der Waals surface area contributed by atoms with Crippen LogP contribution in [0, 0.1) is 5.92 Å². The van der Waals surface area contributed by atoms with Gasteiger partial charge in [-0.25, -0.2) is 0 Å². The molecular weight excluding hydrogens is 266 g/mol. The molecule has 1 aromatic carbocycles. The summed E-state index contributed by atoms with van der Waals surface area (Å²) in [6.45, 7) is 0. The molecule has 1 heterocycles. The van der Waals surface area contributed by atoms with Crippen molar-refractivity contribution in [2.45, 2.75) is 12.5 Å². The number of hydrogen-bond acceptors (Lipinski definition) is 4. The number of nitrogens with two attached hydrogens (primary N) is 1. The molecule has 1 aliphatic rings. The Kier molecular flexibility index (Phi) is 3.53. The highest BCUT2D eigenvalue weighted by molar-refractivity contribution is 5.94. The molecule has 0 bridgehead atoms. The summed E-state index contributed by atoms with van der Waals surface area (Å²) in [5.41, 5.74) is 7.48. The van der Waals surface area contributed by atoms with Crippen LogP contribution < -0.4 is 11.1 Å². The highest BCUT2D eigenvalue weighted by Crippen LogP contribution is 2.21. The molecule has 1 amide bonds. The van der Waals surface area contributed by atoms with Crippen LogP contribution in [0.3, 0.4) is 0 Å². The summed E-state index contributed by atoms with van der Waals surface area (Å²) >= 11 is 0. The fourth-order valence-electron chi connectivity index (χ4n) is 2.40. The Morgan fingerprint density at radius 1 is 1.33 bits per heavy atom. The lowest BCUT2D eigenvalue weighted by Gasteiger charge is -2.11. The zero-order valence-electron chi connectivity index (χ0n) is 11.7. The molecule has 0 saturated carbocycles. The van der Waals surface area contributed by atoms with Gasteiger partial charge in [-0.3, -0.25) is 4.79 Å². The summed E-state index contributed by atoms with van der Waals surface area (Å²) in [5.74, 6) is 0.626. The molecule has 0 fully saturated rings. The van der Waals surface area contributed by atoms with Gasteiger partial charge in [0, 0.05) is 24.3 Å². The zero-order chi connectivity index (χ0) is 14.8. The Labute approximate surface area is 122 Å². The number of nitrogens with one attached hydrogen (secondary N) is 1. The van der Waals surface area contributed by atoms with Crippen molar-refractivity contribution < 1.29 is 4.79 Å². The predicted molar refractivity (Wildman–Crippen MR) is 80.3 cm³/mol. The Morgan fingerprint density at radius 2 is 2.10 bits per heavy atom. The van der Waals surface area contributed by atoms with Crippen LogP contribution in [0.15, 0.2) is 42.7 Å². The van der Waals surface area contributed by atoms with Gasteiger partial charge >= 0.3 is 0 Å². The molecule has 0 saturated heterocycles. The molecule has 1 aliphatic carbocycles. The summed E-state index contributed by atoms with van der Waals surface area (Å²) in [4.78, 5) is 12.1. The highest BCUT2D eigenvalue weighted by atomic mass is 16.1. The normalized spacial score (nSPS) is 20.7. The second kappa shape index (κ2) is 5.49. The fourth-order valence-corrected chi connectivity index (χ4v) is 2.40. The van der Waals surface area contributed by atoms with E-state index in [1.807, 2.05) is 48.0 Å². The van der Waals surface area contributed by atoms with Crippen molar-refractivity contribution in [1.29, 1.82) is 0 Å². The Hall–Kier alpha value is -2.47. The number of anilines is 1. The second-order valence-corrected chi connectivity index (χ2v) is 5.22. The van der Waals surface area contributed by atoms with Crippen molar-refractivity contribution >= 4 is 11.6 Å². The van der Waals surface area contributed by atoms with Gasteiger partial charge in [0.05, 0.1) is 5.92 Å². The second-order valence-electron chi connectivity index (χ2n) is 5.22. The average molecular weight is 283 g/mol. The number of amides is 1. The molecule has 2 unspecified atom stereocenters. The van der Waals surface area contributed by atoms with Gasteiger partial charge in [0.2, 0.25) is 5.91 Å². The maximum Gasteiger partial charge on any atom is 0.231 e. The number of aryl methyl sites for hydroxylation is 1. The quantitative estimate of drug-likeness (QED) is 0.832. The summed E-state index contributed by atoms with van der Waals surface area (Å²) in [6.07, 6.45) is 6.07. The molecule has 0 radical (unpaired) electrons. The van der Waals surface area contributed by atoms with Crippen LogP contribution in [0.25, 0.3) is 11.4 Å². The molecule has 6 heteroatoms. The van der Waals surface area contributed by atoms with Gasteiger partial charge in [0.1, 0.15) is 6.33 Å². The Balaban J connectivity index is 1.69. The maximum atomic E-state index is 12.1. The molecular formula is C15H17N5O. The van der Waals surface area contributed by atoms with E-state index in [0.29, 0.717) is 6.42 Å². The fraction of sp³-hybridized carbons (Fsp3) is 0.267. The average Bonchev–Trinajstić information content (AvgIpc) is 3.08.